The highest BCUT2D eigenvalue weighted by Crippen LogP contribution is 2.23. The third-order valence-electron chi connectivity index (χ3n) is 1.59. The average molecular weight is 166 g/mol. The molecule has 2 rings (SSSR count). The number of rotatable bonds is 0. The van der Waals surface area contributed by atoms with Crippen molar-refractivity contribution in [1.82, 2.24) is 9.55 Å². The third kappa shape index (κ3) is 0.889. The summed E-state index contributed by atoms with van der Waals surface area (Å²) in [6.45, 7) is 0. The molecule has 1 N–H and O–H groups in total. The van der Waals surface area contributed by atoms with Gasteiger partial charge in [-0.15, -0.1) is 5.10 Å². The number of benzene rings is 1. The first-order valence-electron chi connectivity index (χ1n) is 3.21. The van der Waals surface area contributed by atoms with E-state index in [-0.39, 0.29) is 5.88 Å². The summed E-state index contributed by atoms with van der Waals surface area (Å²) in [6.07, 6.45) is 0. The molecule has 1 heterocycles. The fourth-order valence-corrected chi connectivity index (χ4v) is 1.41. The maximum absolute atomic E-state index is 9.25. The first-order valence-corrected chi connectivity index (χ1v) is 3.72. The fraction of sp³-hybridized carbons (Fsp3) is 0. The second kappa shape index (κ2) is 2.21. The molecule has 0 aliphatic heterocycles. The van der Waals surface area contributed by atoms with E-state index >= 15 is 0 Å². The number of aromatic hydroxyl groups is 1. The van der Waals surface area contributed by atoms with Crippen molar-refractivity contribution in [3.8, 4) is 5.88 Å². The summed E-state index contributed by atoms with van der Waals surface area (Å²) >= 11 is 0. The molecule has 0 saturated carbocycles. The second-order valence-corrected chi connectivity index (χ2v) is 2.77. The third-order valence-corrected chi connectivity index (χ3v) is 1.99. The minimum atomic E-state index is 0.0793. The first kappa shape index (κ1) is 6.62. The summed E-state index contributed by atoms with van der Waals surface area (Å²) in [5.74, 6) is 0.0793. The highest BCUT2D eigenvalue weighted by Gasteiger charge is 2.03. The SMILES string of the molecule is Oc1nn(P)c2ccccc12. The van der Waals surface area contributed by atoms with Crippen LogP contribution in [0.3, 0.4) is 0 Å². The van der Waals surface area contributed by atoms with Gasteiger partial charge in [0.1, 0.15) is 0 Å². The van der Waals surface area contributed by atoms with E-state index in [1.165, 1.54) is 0 Å². The van der Waals surface area contributed by atoms with E-state index in [1.807, 2.05) is 24.3 Å². The van der Waals surface area contributed by atoms with E-state index in [2.05, 4.69) is 14.5 Å². The van der Waals surface area contributed by atoms with Crippen LogP contribution in [-0.2, 0) is 0 Å². The van der Waals surface area contributed by atoms with Gasteiger partial charge in [0.25, 0.3) is 0 Å². The van der Waals surface area contributed by atoms with E-state index in [0.29, 0.717) is 0 Å². The molecule has 0 aliphatic rings. The number of hydrogen-bond acceptors (Lipinski definition) is 2. The van der Waals surface area contributed by atoms with E-state index < -0.39 is 0 Å². The summed E-state index contributed by atoms with van der Waals surface area (Å²) in [5.41, 5.74) is 0.912. The van der Waals surface area contributed by atoms with Crippen molar-refractivity contribution in [2.24, 2.45) is 0 Å². The van der Waals surface area contributed by atoms with Gasteiger partial charge < -0.3 is 5.11 Å². The van der Waals surface area contributed by atoms with E-state index in [9.17, 15) is 5.11 Å². The number of fused-ring (bicyclic) bond motifs is 1. The molecule has 0 fully saturated rings. The van der Waals surface area contributed by atoms with Crippen LogP contribution in [0.1, 0.15) is 0 Å². The summed E-state index contributed by atoms with van der Waals surface area (Å²) in [7, 11) is 2.41. The number of aromatic nitrogens is 2. The topological polar surface area (TPSA) is 38.1 Å². The Balaban J connectivity index is 2.95. The molecule has 0 saturated heterocycles. The molecule has 4 heteroatoms. The Morgan fingerprint density at radius 2 is 2.09 bits per heavy atom. The molecule has 2 aromatic rings. The lowest BCUT2D eigenvalue weighted by atomic mass is 10.2. The van der Waals surface area contributed by atoms with Crippen molar-refractivity contribution >= 4 is 20.3 Å². The lowest BCUT2D eigenvalue weighted by Crippen LogP contribution is -1.77. The smallest absolute Gasteiger partial charge is 0.238 e. The van der Waals surface area contributed by atoms with Crippen molar-refractivity contribution in [2.45, 2.75) is 0 Å². The van der Waals surface area contributed by atoms with Gasteiger partial charge in [-0.25, -0.2) is 4.45 Å². The van der Waals surface area contributed by atoms with Crippen molar-refractivity contribution in [3.63, 3.8) is 0 Å². The normalized spacial score (nSPS) is 10.6. The van der Waals surface area contributed by atoms with Crippen molar-refractivity contribution in [2.75, 3.05) is 0 Å². The van der Waals surface area contributed by atoms with Crippen LogP contribution in [-0.4, -0.2) is 14.7 Å². The minimum Gasteiger partial charge on any atom is -0.492 e. The lowest BCUT2D eigenvalue weighted by molar-refractivity contribution is 0.455. The Bertz CT molecular complexity index is 360. The van der Waals surface area contributed by atoms with Crippen LogP contribution in [0.15, 0.2) is 24.3 Å². The average Bonchev–Trinajstić information content (AvgIpc) is 2.30. The van der Waals surface area contributed by atoms with Gasteiger partial charge >= 0.3 is 0 Å². The monoisotopic (exact) mass is 166 g/mol. The molecule has 1 aromatic heterocycles. The highest BCUT2D eigenvalue weighted by atomic mass is 31.0. The Morgan fingerprint density at radius 1 is 1.36 bits per heavy atom. The van der Waals surface area contributed by atoms with Crippen LogP contribution in [0.5, 0.6) is 5.88 Å². The quantitative estimate of drug-likeness (QED) is 0.600. The maximum atomic E-state index is 9.25. The predicted molar refractivity (Wildman–Crippen MR) is 46.5 cm³/mol. The molecule has 0 aliphatic carbocycles. The molecular weight excluding hydrogens is 159 g/mol. The van der Waals surface area contributed by atoms with Gasteiger partial charge in [0.15, 0.2) is 0 Å². The van der Waals surface area contributed by atoms with Crippen molar-refractivity contribution in [3.05, 3.63) is 24.3 Å². The van der Waals surface area contributed by atoms with Gasteiger partial charge in [0, 0.05) is 0 Å². The predicted octanol–water partition coefficient (Wildman–Crippen LogP) is 1.38. The number of nitrogens with zero attached hydrogens (tertiary/aromatic N) is 2. The summed E-state index contributed by atoms with van der Waals surface area (Å²) in [4.78, 5) is 0. The zero-order chi connectivity index (χ0) is 7.84. The summed E-state index contributed by atoms with van der Waals surface area (Å²) < 4.78 is 1.57. The Hall–Kier alpha value is -1.08. The molecule has 0 amide bonds. The lowest BCUT2D eigenvalue weighted by Gasteiger charge is -1.89. The number of hydrogen-bond donors (Lipinski definition) is 1. The van der Waals surface area contributed by atoms with Crippen molar-refractivity contribution in [1.29, 1.82) is 0 Å². The molecular formula is C7H7N2OP. The van der Waals surface area contributed by atoms with Gasteiger partial charge in [0.2, 0.25) is 5.88 Å². The van der Waals surface area contributed by atoms with Gasteiger partial charge in [-0.05, 0) is 21.5 Å². The molecule has 3 nitrogen and oxygen atoms in total. The highest BCUT2D eigenvalue weighted by molar-refractivity contribution is 7.14. The number of para-hydroxylation sites is 1. The van der Waals surface area contributed by atoms with E-state index in [4.69, 9.17) is 0 Å². The second-order valence-electron chi connectivity index (χ2n) is 2.29. The van der Waals surface area contributed by atoms with Crippen LogP contribution >= 0.6 is 9.39 Å². The van der Waals surface area contributed by atoms with Crippen LogP contribution in [0, 0.1) is 0 Å². The standard InChI is InChI=1S/C7H7N2OP/c10-7-5-3-1-2-4-6(5)9(11)8-7/h1-4H,11H2,(H,8,10). The van der Waals surface area contributed by atoms with Gasteiger partial charge in [0.05, 0.1) is 10.9 Å². The Kier molecular flexibility index (Phi) is 1.33. The van der Waals surface area contributed by atoms with Crippen LogP contribution < -0.4 is 0 Å². The van der Waals surface area contributed by atoms with Crippen LogP contribution in [0.4, 0.5) is 0 Å². The maximum Gasteiger partial charge on any atom is 0.238 e. The molecule has 0 bridgehead atoms. The Morgan fingerprint density at radius 3 is 2.82 bits per heavy atom. The zero-order valence-electron chi connectivity index (χ0n) is 5.73. The molecule has 1 atom stereocenters. The zero-order valence-corrected chi connectivity index (χ0v) is 6.88. The van der Waals surface area contributed by atoms with Gasteiger partial charge in [-0.2, -0.15) is 0 Å². The molecule has 0 radical (unpaired) electrons. The molecule has 1 aromatic carbocycles. The largest absolute Gasteiger partial charge is 0.492 e. The van der Waals surface area contributed by atoms with Crippen LogP contribution in [0.2, 0.25) is 0 Å². The summed E-state index contributed by atoms with van der Waals surface area (Å²) in [6, 6.07) is 7.51. The molecule has 11 heavy (non-hydrogen) atoms. The summed E-state index contributed by atoms with van der Waals surface area (Å²) in [5, 5.41) is 13.9. The van der Waals surface area contributed by atoms with Gasteiger partial charge in [-0.3, -0.25) is 0 Å². The van der Waals surface area contributed by atoms with Crippen LogP contribution in [0.25, 0.3) is 10.9 Å². The van der Waals surface area contributed by atoms with E-state index in [1.54, 1.807) is 4.45 Å². The van der Waals surface area contributed by atoms with E-state index in [0.717, 1.165) is 10.9 Å². The Labute approximate surface area is 65.9 Å². The first-order chi connectivity index (χ1) is 5.29. The minimum absolute atomic E-state index is 0.0793. The van der Waals surface area contributed by atoms with Gasteiger partial charge in [-0.1, -0.05) is 12.1 Å². The fourth-order valence-electron chi connectivity index (χ4n) is 1.07. The molecule has 0 spiro atoms. The van der Waals surface area contributed by atoms with Crippen molar-refractivity contribution < 1.29 is 5.11 Å². The molecule has 56 valence electrons. The molecule has 1 unspecified atom stereocenters.